The normalized spacial score (nSPS) is 12.5. The first-order valence-corrected chi connectivity index (χ1v) is 5.78. The number of hydrogen-bond donors (Lipinski definition) is 2. The summed E-state index contributed by atoms with van der Waals surface area (Å²) in [6.07, 6.45) is 2.22. The van der Waals surface area contributed by atoms with Gasteiger partial charge in [-0.2, -0.15) is 0 Å². The Hall–Kier alpha value is -0.730. The first-order valence-electron chi connectivity index (χ1n) is 5.40. The van der Waals surface area contributed by atoms with E-state index < -0.39 is 0 Å². The highest BCUT2D eigenvalue weighted by atomic mass is 35.5. The molecule has 1 atom stereocenters. The first-order chi connectivity index (χ1) is 7.17. The molecule has 0 amide bonds. The van der Waals surface area contributed by atoms with Crippen LogP contribution in [0.25, 0.3) is 0 Å². The summed E-state index contributed by atoms with van der Waals surface area (Å²) < 4.78 is 0. The van der Waals surface area contributed by atoms with Crippen LogP contribution in [0.4, 0.5) is 5.69 Å². The van der Waals surface area contributed by atoms with Crippen molar-refractivity contribution in [2.24, 2.45) is 5.73 Å². The van der Waals surface area contributed by atoms with Crippen LogP contribution >= 0.6 is 11.6 Å². The van der Waals surface area contributed by atoms with Crippen LogP contribution in [0.3, 0.4) is 0 Å². The maximum atomic E-state index is 6.05. The maximum absolute atomic E-state index is 6.05. The van der Waals surface area contributed by atoms with E-state index in [9.17, 15) is 0 Å². The lowest BCUT2D eigenvalue weighted by atomic mass is 10.1. The van der Waals surface area contributed by atoms with Gasteiger partial charge in [0.1, 0.15) is 0 Å². The number of halogens is 1. The zero-order valence-electron chi connectivity index (χ0n) is 9.39. The van der Waals surface area contributed by atoms with Crippen LogP contribution < -0.4 is 11.1 Å². The number of nitrogens with one attached hydrogen (secondary N) is 1. The van der Waals surface area contributed by atoms with Gasteiger partial charge in [0, 0.05) is 23.3 Å². The van der Waals surface area contributed by atoms with E-state index >= 15 is 0 Å². The van der Waals surface area contributed by atoms with Gasteiger partial charge < -0.3 is 11.1 Å². The lowest BCUT2D eigenvalue weighted by Crippen LogP contribution is -2.28. The van der Waals surface area contributed by atoms with Gasteiger partial charge in [0.15, 0.2) is 0 Å². The Morgan fingerprint density at radius 3 is 2.73 bits per heavy atom. The summed E-state index contributed by atoms with van der Waals surface area (Å²) >= 11 is 6.05. The third kappa shape index (κ3) is 3.73. The topological polar surface area (TPSA) is 38.0 Å². The van der Waals surface area contributed by atoms with Gasteiger partial charge in [0.2, 0.25) is 0 Å². The third-order valence-electron chi connectivity index (χ3n) is 2.46. The molecule has 0 radical (unpaired) electrons. The molecule has 0 fully saturated rings. The van der Waals surface area contributed by atoms with Crippen LogP contribution in [-0.2, 0) is 0 Å². The van der Waals surface area contributed by atoms with E-state index in [-0.39, 0.29) is 0 Å². The molecule has 0 saturated carbocycles. The summed E-state index contributed by atoms with van der Waals surface area (Å²) in [5, 5.41) is 4.19. The van der Waals surface area contributed by atoms with E-state index in [1.165, 1.54) is 0 Å². The highest BCUT2D eigenvalue weighted by Gasteiger charge is 2.05. The minimum absolute atomic E-state index is 0.341. The molecule has 2 nitrogen and oxygen atoms in total. The van der Waals surface area contributed by atoms with Crippen molar-refractivity contribution in [2.45, 2.75) is 32.7 Å². The standard InChI is InChI=1S/C12H19ClN2/c1-3-4-11(8-14)15-10-6-5-9(2)12(13)7-10/h5-7,11,15H,3-4,8,14H2,1-2H3. The van der Waals surface area contributed by atoms with E-state index in [4.69, 9.17) is 17.3 Å². The number of rotatable bonds is 5. The molecule has 0 spiro atoms. The lowest BCUT2D eigenvalue weighted by Gasteiger charge is -2.17. The van der Waals surface area contributed by atoms with Crippen molar-refractivity contribution >= 4 is 17.3 Å². The predicted octanol–water partition coefficient (Wildman–Crippen LogP) is 3.19. The summed E-state index contributed by atoms with van der Waals surface area (Å²) in [7, 11) is 0. The van der Waals surface area contributed by atoms with Crippen LogP contribution in [0.15, 0.2) is 18.2 Å². The molecule has 0 aliphatic heterocycles. The second kappa shape index (κ2) is 5.99. The Bertz CT molecular complexity index is 312. The van der Waals surface area contributed by atoms with Crippen molar-refractivity contribution in [3.05, 3.63) is 28.8 Å². The zero-order chi connectivity index (χ0) is 11.3. The van der Waals surface area contributed by atoms with E-state index in [2.05, 4.69) is 12.2 Å². The zero-order valence-corrected chi connectivity index (χ0v) is 10.1. The van der Waals surface area contributed by atoms with E-state index in [1.807, 2.05) is 25.1 Å². The molecule has 0 aliphatic rings. The van der Waals surface area contributed by atoms with Gasteiger partial charge in [-0.25, -0.2) is 0 Å². The molecule has 1 unspecified atom stereocenters. The number of hydrogen-bond acceptors (Lipinski definition) is 2. The van der Waals surface area contributed by atoms with Gasteiger partial charge in [-0.15, -0.1) is 0 Å². The molecule has 1 aromatic rings. The molecule has 1 rings (SSSR count). The molecule has 0 aromatic heterocycles. The van der Waals surface area contributed by atoms with Crippen molar-refractivity contribution in [3.8, 4) is 0 Å². The molecular formula is C12H19ClN2. The quantitative estimate of drug-likeness (QED) is 0.810. The summed E-state index contributed by atoms with van der Waals surface area (Å²) in [5.74, 6) is 0. The molecule has 0 heterocycles. The van der Waals surface area contributed by atoms with Crippen molar-refractivity contribution < 1.29 is 0 Å². The van der Waals surface area contributed by atoms with Gasteiger partial charge in [-0.1, -0.05) is 31.0 Å². The summed E-state index contributed by atoms with van der Waals surface area (Å²) in [5.41, 5.74) is 7.83. The Morgan fingerprint density at radius 1 is 1.47 bits per heavy atom. The Morgan fingerprint density at radius 2 is 2.20 bits per heavy atom. The largest absolute Gasteiger partial charge is 0.381 e. The van der Waals surface area contributed by atoms with Gasteiger partial charge in [-0.3, -0.25) is 0 Å². The highest BCUT2D eigenvalue weighted by Crippen LogP contribution is 2.20. The molecule has 84 valence electrons. The van der Waals surface area contributed by atoms with Gasteiger partial charge in [0.05, 0.1) is 0 Å². The van der Waals surface area contributed by atoms with Gasteiger partial charge in [0.25, 0.3) is 0 Å². The number of benzene rings is 1. The van der Waals surface area contributed by atoms with Crippen molar-refractivity contribution in [3.63, 3.8) is 0 Å². The first kappa shape index (κ1) is 12.3. The predicted molar refractivity (Wildman–Crippen MR) is 67.6 cm³/mol. The number of nitrogens with two attached hydrogens (primary N) is 1. The Labute approximate surface area is 96.8 Å². The fourth-order valence-corrected chi connectivity index (χ4v) is 1.70. The van der Waals surface area contributed by atoms with Crippen LogP contribution in [0.5, 0.6) is 0 Å². The summed E-state index contributed by atoms with van der Waals surface area (Å²) in [4.78, 5) is 0. The van der Waals surface area contributed by atoms with Gasteiger partial charge in [-0.05, 0) is 31.0 Å². The third-order valence-corrected chi connectivity index (χ3v) is 2.87. The second-order valence-electron chi connectivity index (χ2n) is 3.83. The molecule has 0 aliphatic carbocycles. The molecule has 0 bridgehead atoms. The van der Waals surface area contributed by atoms with Crippen LogP contribution in [0, 0.1) is 6.92 Å². The number of aryl methyl sites for hydroxylation is 1. The molecule has 15 heavy (non-hydrogen) atoms. The molecule has 0 saturated heterocycles. The summed E-state index contributed by atoms with van der Waals surface area (Å²) in [6, 6.07) is 6.35. The average Bonchev–Trinajstić information content (AvgIpc) is 2.23. The highest BCUT2D eigenvalue weighted by molar-refractivity contribution is 6.31. The Balaban J connectivity index is 2.66. The van der Waals surface area contributed by atoms with Crippen molar-refractivity contribution in [1.29, 1.82) is 0 Å². The molecule has 1 aromatic carbocycles. The monoisotopic (exact) mass is 226 g/mol. The minimum atomic E-state index is 0.341. The van der Waals surface area contributed by atoms with Crippen molar-refractivity contribution in [2.75, 3.05) is 11.9 Å². The van der Waals surface area contributed by atoms with E-state index in [0.717, 1.165) is 29.1 Å². The lowest BCUT2D eigenvalue weighted by molar-refractivity contribution is 0.648. The number of anilines is 1. The average molecular weight is 227 g/mol. The van der Waals surface area contributed by atoms with Crippen molar-refractivity contribution in [1.82, 2.24) is 0 Å². The molecule has 3 N–H and O–H groups in total. The molecule has 3 heteroatoms. The smallest absolute Gasteiger partial charge is 0.0455 e. The van der Waals surface area contributed by atoms with Crippen LogP contribution in [0.1, 0.15) is 25.3 Å². The maximum Gasteiger partial charge on any atom is 0.0455 e. The van der Waals surface area contributed by atoms with E-state index in [0.29, 0.717) is 12.6 Å². The minimum Gasteiger partial charge on any atom is -0.381 e. The van der Waals surface area contributed by atoms with Crippen LogP contribution in [-0.4, -0.2) is 12.6 Å². The second-order valence-corrected chi connectivity index (χ2v) is 4.24. The Kier molecular flexibility index (Phi) is 4.92. The molecular weight excluding hydrogens is 208 g/mol. The van der Waals surface area contributed by atoms with Crippen LogP contribution in [0.2, 0.25) is 5.02 Å². The SMILES string of the molecule is CCCC(CN)Nc1ccc(C)c(Cl)c1. The fraction of sp³-hybridized carbons (Fsp3) is 0.500. The summed E-state index contributed by atoms with van der Waals surface area (Å²) in [6.45, 7) is 4.81. The van der Waals surface area contributed by atoms with E-state index in [1.54, 1.807) is 0 Å². The van der Waals surface area contributed by atoms with Gasteiger partial charge >= 0.3 is 0 Å². The fourth-order valence-electron chi connectivity index (χ4n) is 1.52.